The van der Waals surface area contributed by atoms with Crippen LogP contribution in [0.15, 0.2) is 33.4 Å². The van der Waals surface area contributed by atoms with Gasteiger partial charge in [-0.2, -0.15) is 11.8 Å². The van der Waals surface area contributed by atoms with Gasteiger partial charge >= 0.3 is 0 Å². The number of benzene rings is 1. The average Bonchev–Trinajstić information content (AvgIpc) is 2.57. The lowest BCUT2D eigenvalue weighted by Gasteiger charge is -2.02. The first kappa shape index (κ1) is 11.1. The number of hydrogen-bond acceptors (Lipinski definition) is 2. The molecule has 0 aliphatic carbocycles. The Morgan fingerprint density at radius 2 is 2.20 bits per heavy atom. The molecule has 0 bridgehead atoms. The molecule has 0 atom stereocenters. The molecule has 0 radical (unpaired) electrons. The Morgan fingerprint density at radius 3 is 2.93 bits per heavy atom. The number of furan rings is 1. The van der Waals surface area contributed by atoms with Crippen molar-refractivity contribution >= 4 is 38.7 Å². The van der Waals surface area contributed by atoms with Crippen LogP contribution in [0.3, 0.4) is 0 Å². The molecular weight excluding hydrogens is 272 g/mol. The highest BCUT2D eigenvalue weighted by molar-refractivity contribution is 9.10. The number of hydrogen-bond donors (Lipinski definition) is 0. The highest BCUT2D eigenvalue weighted by Gasteiger charge is 2.06. The standard InChI is InChI=1S/C12H13BrOS/c1-8(2)15-7-9-6-14-12-5-10(13)3-4-11(9)12/h3-6,8H,7H2,1-2H3. The van der Waals surface area contributed by atoms with Gasteiger partial charge in [-0.15, -0.1) is 0 Å². The van der Waals surface area contributed by atoms with Gasteiger partial charge in [-0.3, -0.25) is 0 Å². The molecule has 0 N–H and O–H groups in total. The van der Waals surface area contributed by atoms with Crippen molar-refractivity contribution in [2.45, 2.75) is 24.9 Å². The molecule has 0 saturated carbocycles. The van der Waals surface area contributed by atoms with E-state index in [9.17, 15) is 0 Å². The van der Waals surface area contributed by atoms with Crippen LogP contribution < -0.4 is 0 Å². The number of rotatable bonds is 3. The Bertz CT molecular complexity index is 462. The van der Waals surface area contributed by atoms with Crippen molar-refractivity contribution in [1.82, 2.24) is 0 Å². The second-order valence-corrected chi connectivity index (χ2v) is 6.24. The van der Waals surface area contributed by atoms with Gasteiger partial charge in [-0.05, 0) is 23.4 Å². The van der Waals surface area contributed by atoms with Crippen LogP contribution in [0.25, 0.3) is 11.0 Å². The molecule has 0 fully saturated rings. The smallest absolute Gasteiger partial charge is 0.135 e. The van der Waals surface area contributed by atoms with E-state index in [0.29, 0.717) is 5.25 Å². The Balaban J connectivity index is 2.29. The molecule has 2 rings (SSSR count). The first-order chi connectivity index (χ1) is 7.16. The number of halogens is 1. The van der Waals surface area contributed by atoms with E-state index < -0.39 is 0 Å². The van der Waals surface area contributed by atoms with Gasteiger partial charge in [0.1, 0.15) is 5.58 Å². The van der Waals surface area contributed by atoms with Gasteiger partial charge in [0.2, 0.25) is 0 Å². The lowest BCUT2D eigenvalue weighted by atomic mass is 10.2. The van der Waals surface area contributed by atoms with Crippen LogP contribution in [0.5, 0.6) is 0 Å². The maximum absolute atomic E-state index is 5.52. The largest absolute Gasteiger partial charge is 0.464 e. The van der Waals surface area contributed by atoms with Crippen LogP contribution in [-0.4, -0.2) is 5.25 Å². The van der Waals surface area contributed by atoms with Crippen LogP contribution in [-0.2, 0) is 5.75 Å². The monoisotopic (exact) mass is 284 g/mol. The Hall–Kier alpha value is -0.410. The highest BCUT2D eigenvalue weighted by Crippen LogP contribution is 2.28. The zero-order valence-electron chi connectivity index (χ0n) is 8.79. The van der Waals surface area contributed by atoms with E-state index in [1.165, 1.54) is 10.9 Å². The molecule has 0 aliphatic rings. The summed E-state index contributed by atoms with van der Waals surface area (Å²) in [7, 11) is 0. The van der Waals surface area contributed by atoms with Crippen LogP contribution in [0.1, 0.15) is 19.4 Å². The Kier molecular flexibility index (Phi) is 3.42. The summed E-state index contributed by atoms with van der Waals surface area (Å²) in [4.78, 5) is 0. The maximum Gasteiger partial charge on any atom is 0.135 e. The molecule has 80 valence electrons. The molecule has 0 unspecified atom stereocenters. The van der Waals surface area contributed by atoms with E-state index in [-0.39, 0.29) is 0 Å². The van der Waals surface area contributed by atoms with E-state index in [2.05, 4.69) is 41.9 Å². The number of fused-ring (bicyclic) bond motifs is 1. The molecule has 0 amide bonds. The van der Waals surface area contributed by atoms with Crippen molar-refractivity contribution in [3.05, 3.63) is 34.5 Å². The Labute approximate surface area is 102 Å². The van der Waals surface area contributed by atoms with Crippen LogP contribution in [0.2, 0.25) is 0 Å². The summed E-state index contributed by atoms with van der Waals surface area (Å²) in [5, 5.41) is 1.89. The van der Waals surface area contributed by atoms with Crippen molar-refractivity contribution in [3.8, 4) is 0 Å². The first-order valence-electron chi connectivity index (χ1n) is 4.94. The fraction of sp³-hybridized carbons (Fsp3) is 0.333. The molecule has 2 aromatic rings. The predicted molar refractivity (Wildman–Crippen MR) is 70.3 cm³/mol. The molecule has 0 spiro atoms. The normalized spacial score (nSPS) is 11.5. The molecular formula is C12H13BrOS. The topological polar surface area (TPSA) is 13.1 Å². The minimum absolute atomic E-state index is 0.658. The van der Waals surface area contributed by atoms with Crippen molar-refractivity contribution < 1.29 is 4.42 Å². The van der Waals surface area contributed by atoms with E-state index in [4.69, 9.17) is 4.42 Å². The van der Waals surface area contributed by atoms with E-state index in [0.717, 1.165) is 15.8 Å². The average molecular weight is 285 g/mol. The highest BCUT2D eigenvalue weighted by atomic mass is 79.9. The SMILES string of the molecule is CC(C)SCc1coc2cc(Br)ccc12. The minimum Gasteiger partial charge on any atom is -0.464 e. The van der Waals surface area contributed by atoms with Crippen LogP contribution >= 0.6 is 27.7 Å². The zero-order chi connectivity index (χ0) is 10.8. The lowest BCUT2D eigenvalue weighted by Crippen LogP contribution is -1.87. The quantitative estimate of drug-likeness (QED) is 0.800. The molecule has 3 heteroatoms. The summed E-state index contributed by atoms with van der Waals surface area (Å²) < 4.78 is 6.58. The summed E-state index contributed by atoms with van der Waals surface area (Å²) in [6, 6.07) is 6.18. The molecule has 0 aliphatic heterocycles. The summed E-state index contributed by atoms with van der Waals surface area (Å²) in [6.45, 7) is 4.42. The van der Waals surface area contributed by atoms with Crippen molar-refractivity contribution in [2.24, 2.45) is 0 Å². The minimum atomic E-state index is 0.658. The molecule has 1 heterocycles. The van der Waals surface area contributed by atoms with Gasteiger partial charge in [0, 0.05) is 21.2 Å². The van der Waals surface area contributed by atoms with Gasteiger partial charge in [0.25, 0.3) is 0 Å². The molecule has 1 nitrogen and oxygen atoms in total. The Morgan fingerprint density at radius 1 is 1.40 bits per heavy atom. The van der Waals surface area contributed by atoms with Crippen LogP contribution in [0, 0.1) is 0 Å². The van der Waals surface area contributed by atoms with E-state index in [1.807, 2.05) is 24.1 Å². The van der Waals surface area contributed by atoms with Crippen LogP contribution in [0.4, 0.5) is 0 Å². The zero-order valence-corrected chi connectivity index (χ0v) is 11.2. The third kappa shape index (κ3) is 2.58. The third-order valence-corrected chi connectivity index (χ3v) is 3.83. The van der Waals surface area contributed by atoms with Gasteiger partial charge in [0.15, 0.2) is 0 Å². The first-order valence-corrected chi connectivity index (χ1v) is 6.78. The van der Waals surface area contributed by atoms with E-state index in [1.54, 1.807) is 0 Å². The second-order valence-electron chi connectivity index (χ2n) is 3.76. The molecule has 15 heavy (non-hydrogen) atoms. The van der Waals surface area contributed by atoms with Gasteiger partial charge in [-0.1, -0.05) is 29.8 Å². The van der Waals surface area contributed by atoms with Gasteiger partial charge < -0.3 is 4.42 Å². The van der Waals surface area contributed by atoms with E-state index >= 15 is 0 Å². The number of thioether (sulfide) groups is 1. The summed E-state index contributed by atoms with van der Waals surface area (Å²) in [6.07, 6.45) is 1.87. The molecule has 1 aromatic carbocycles. The third-order valence-electron chi connectivity index (χ3n) is 2.19. The molecule has 0 saturated heterocycles. The summed E-state index contributed by atoms with van der Waals surface area (Å²) in [5.41, 5.74) is 2.25. The van der Waals surface area contributed by atoms with Crippen molar-refractivity contribution in [3.63, 3.8) is 0 Å². The molecule has 1 aromatic heterocycles. The fourth-order valence-electron chi connectivity index (χ4n) is 1.43. The second kappa shape index (κ2) is 4.62. The predicted octanol–water partition coefficient (Wildman–Crippen LogP) is 4.84. The lowest BCUT2D eigenvalue weighted by molar-refractivity contribution is 0.612. The summed E-state index contributed by atoms with van der Waals surface area (Å²) in [5.74, 6) is 1.02. The van der Waals surface area contributed by atoms with Gasteiger partial charge in [0.05, 0.1) is 6.26 Å². The maximum atomic E-state index is 5.52. The van der Waals surface area contributed by atoms with Gasteiger partial charge in [-0.25, -0.2) is 0 Å². The van der Waals surface area contributed by atoms with Crippen molar-refractivity contribution in [1.29, 1.82) is 0 Å². The fourth-order valence-corrected chi connectivity index (χ4v) is 2.50. The summed E-state index contributed by atoms with van der Waals surface area (Å²) >= 11 is 5.37. The van der Waals surface area contributed by atoms with Crippen molar-refractivity contribution in [2.75, 3.05) is 0 Å².